The number of hydrogen-bond acceptors (Lipinski definition) is 3. The Hall–Kier alpha value is -2.79. The zero-order chi connectivity index (χ0) is 21.3. The molecule has 0 saturated carbocycles. The molecule has 0 amide bonds. The molecule has 0 saturated heterocycles. The van der Waals surface area contributed by atoms with E-state index in [1.54, 1.807) is 0 Å². The van der Waals surface area contributed by atoms with Gasteiger partial charge in [0.1, 0.15) is 0 Å². The van der Waals surface area contributed by atoms with Gasteiger partial charge in [0, 0.05) is 45.3 Å². The van der Waals surface area contributed by atoms with Crippen LogP contribution in [-0.2, 0) is 0 Å². The highest BCUT2D eigenvalue weighted by molar-refractivity contribution is 7.80. The molecule has 0 fully saturated rings. The van der Waals surface area contributed by atoms with Crippen LogP contribution in [0.25, 0.3) is 6.08 Å². The number of benzene rings is 2. The molecule has 4 rings (SSSR count). The van der Waals surface area contributed by atoms with E-state index in [0.29, 0.717) is 5.11 Å². The van der Waals surface area contributed by atoms with E-state index in [-0.39, 0.29) is 6.04 Å². The van der Waals surface area contributed by atoms with Gasteiger partial charge in [0.2, 0.25) is 0 Å². The zero-order valence-electron chi connectivity index (χ0n) is 18.2. The van der Waals surface area contributed by atoms with Gasteiger partial charge in [-0.05, 0) is 84.1 Å². The van der Waals surface area contributed by atoms with Crippen molar-refractivity contribution >= 4 is 34.8 Å². The summed E-state index contributed by atoms with van der Waals surface area (Å²) < 4.78 is 0. The van der Waals surface area contributed by atoms with E-state index < -0.39 is 0 Å². The van der Waals surface area contributed by atoms with Gasteiger partial charge in [0.15, 0.2) is 5.11 Å². The average Bonchev–Trinajstić information content (AvgIpc) is 2.74. The predicted molar refractivity (Wildman–Crippen MR) is 132 cm³/mol. The van der Waals surface area contributed by atoms with Gasteiger partial charge in [-0.3, -0.25) is 0 Å². The minimum absolute atomic E-state index is 0.129. The molecule has 0 radical (unpaired) electrons. The molecular formula is C25H30N4S. The molecule has 4 nitrogen and oxygen atoms in total. The lowest BCUT2D eigenvalue weighted by molar-refractivity contribution is 0.609. The molecule has 1 heterocycles. The molecule has 0 bridgehead atoms. The van der Waals surface area contributed by atoms with Crippen molar-refractivity contribution in [2.24, 2.45) is 0 Å². The molecule has 0 spiro atoms. The van der Waals surface area contributed by atoms with Crippen LogP contribution in [0.2, 0.25) is 0 Å². The van der Waals surface area contributed by atoms with E-state index in [1.807, 2.05) is 0 Å². The number of nitrogens with one attached hydrogen (secondary N) is 2. The van der Waals surface area contributed by atoms with Gasteiger partial charge in [-0.25, -0.2) is 0 Å². The first-order valence-corrected chi connectivity index (χ1v) is 10.9. The Balaban J connectivity index is 1.68. The van der Waals surface area contributed by atoms with Crippen molar-refractivity contribution in [1.29, 1.82) is 0 Å². The van der Waals surface area contributed by atoms with E-state index in [4.69, 9.17) is 12.2 Å². The third kappa shape index (κ3) is 4.21. The Morgan fingerprint density at radius 2 is 1.47 bits per heavy atom. The summed E-state index contributed by atoms with van der Waals surface area (Å²) in [6.07, 6.45) is 5.61. The van der Waals surface area contributed by atoms with E-state index in [2.05, 4.69) is 103 Å². The van der Waals surface area contributed by atoms with Crippen molar-refractivity contribution < 1.29 is 0 Å². The molecule has 5 heteroatoms. The number of anilines is 2. The van der Waals surface area contributed by atoms with Crippen LogP contribution >= 0.6 is 12.2 Å². The number of nitrogens with zero attached hydrogens (tertiary/aromatic N) is 2. The maximum atomic E-state index is 5.58. The summed E-state index contributed by atoms with van der Waals surface area (Å²) in [6, 6.07) is 17.6. The average molecular weight is 419 g/mol. The normalized spacial score (nSPS) is 19.8. The molecular weight excluding hydrogens is 388 g/mol. The van der Waals surface area contributed by atoms with E-state index in [1.165, 1.54) is 39.3 Å². The van der Waals surface area contributed by atoms with Gasteiger partial charge in [-0.2, -0.15) is 0 Å². The summed E-state index contributed by atoms with van der Waals surface area (Å²) in [4.78, 5) is 4.25. The molecule has 2 aliphatic rings. The fourth-order valence-electron chi connectivity index (χ4n) is 4.21. The zero-order valence-corrected chi connectivity index (χ0v) is 19.0. The number of allylic oxidation sites excluding steroid dienone is 1. The lowest BCUT2D eigenvalue weighted by Crippen LogP contribution is -2.45. The summed E-state index contributed by atoms with van der Waals surface area (Å²) in [6.45, 7) is 0. The van der Waals surface area contributed by atoms with Crippen LogP contribution in [0.4, 0.5) is 11.4 Å². The van der Waals surface area contributed by atoms with E-state index in [0.717, 1.165) is 19.3 Å². The van der Waals surface area contributed by atoms with Crippen LogP contribution in [0.5, 0.6) is 0 Å². The second-order valence-electron chi connectivity index (χ2n) is 8.43. The molecule has 2 aromatic carbocycles. The van der Waals surface area contributed by atoms with E-state index in [9.17, 15) is 0 Å². The minimum atomic E-state index is 0.129. The Labute approximate surface area is 185 Å². The van der Waals surface area contributed by atoms with Gasteiger partial charge < -0.3 is 20.4 Å². The number of thiocarbonyl (C=S) groups is 1. The molecule has 30 heavy (non-hydrogen) atoms. The van der Waals surface area contributed by atoms with Crippen molar-refractivity contribution in [2.75, 3.05) is 38.0 Å². The molecule has 1 aliphatic carbocycles. The maximum Gasteiger partial charge on any atom is 0.171 e. The molecule has 0 aromatic heterocycles. The van der Waals surface area contributed by atoms with Crippen molar-refractivity contribution in [3.8, 4) is 0 Å². The van der Waals surface area contributed by atoms with Crippen molar-refractivity contribution in [2.45, 2.75) is 25.3 Å². The van der Waals surface area contributed by atoms with Crippen molar-refractivity contribution in [3.63, 3.8) is 0 Å². The highest BCUT2D eigenvalue weighted by Gasteiger charge is 2.30. The van der Waals surface area contributed by atoms with E-state index >= 15 is 0 Å². The molecule has 1 atom stereocenters. The fraction of sp³-hybridized carbons (Fsp3) is 0.320. The monoisotopic (exact) mass is 418 g/mol. The van der Waals surface area contributed by atoms with Crippen molar-refractivity contribution in [3.05, 3.63) is 76.5 Å². The highest BCUT2D eigenvalue weighted by atomic mass is 32.1. The lowest BCUT2D eigenvalue weighted by atomic mass is 9.83. The topological polar surface area (TPSA) is 30.5 Å². The van der Waals surface area contributed by atoms with Crippen LogP contribution in [-0.4, -0.2) is 33.3 Å². The number of rotatable bonds is 4. The van der Waals surface area contributed by atoms with Crippen LogP contribution in [0.1, 0.15) is 36.4 Å². The van der Waals surface area contributed by atoms with Gasteiger partial charge in [-0.15, -0.1) is 0 Å². The van der Waals surface area contributed by atoms with Gasteiger partial charge in [-0.1, -0.05) is 24.3 Å². The first kappa shape index (κ1) is 20.5. The van der Waals surface area contributed by atoms with Crippen LogP contribution in [0, 0.1) is 0 Å². The van der Waals surface area contributed by atoms with Crippen molar-refractivity contribution in [1.82, 2.24) is 10.6 Å². The molecule has 1 aliphatic heterocycles. The predicted octanol–water partition coefficient (Wildman–Crippen LogP) is 4.86. The quantitative estimate of drug-likeness (QED) is 0.693. The summed E-state index contributed by atoms with van der Waals surface area (Å²) in [5.74, 6) is 0. The Bertz CT molecular complexity index is 985. The second kappa shape index (κ2) is 8.52. The Morgan fingerprint density at radius 3 is 2.07 bits per heavy atom. The third-order valence-corrected chi connectivity index (χ3v) is 6.11. The first-order valence-electron chi connectivity index (χ1n) is 10.5. The third-order valence-electron chi connectivity index (χ3n) is 5.89. The molecule has 2 N–H and O–H groups in total. The Morgan fingerprint density at radius 1 is 0.867 bits per heavy atom. The molecule has 0 unspecified atom stereocenters. The highest BCUT2D eigenvalue weighted by Crippen LogP contribution is 2.39. The largest absolute Gasteiger partial charge is 0.378 e. The van der Waals surface area contributed by atoms with Crippen LogP contribution < -0.4 is 20.4 Å². The van der Waals surface area contributed by atoms with Gasteiger partial charge in [0.05, 0.1) is 6.04 Å². The summed E-state index contributed by atoms with van der Waals surface area (Å²) >= 11 is 5.58. The lowest BCUT2D eigenvalue weighted by Gasteiger charge is -2.36. The summed E-state index contributed by atoms with van der Waals surface area (Å²) in [5.41, 5.74) is 8.86. The molecule has 156 valence electrons. The van der Waals surface area contributed by atoms with Gasteiger partial charge in [0.25, 0.3) is 0 Å². The summed E-state index contributed by atoms with van der Waals surface area (Å²) in [5, 5.41) is 7.66. The van der Waals surface area contributed by atoms with Crippen LogP contribution in [0.3, 0.4) is 0 Å². The first-order chi connectivity index (χ1) is 14.4. The second-order valence-corrected chi connectivity index (χ2v) is 8.84. The van der Waals surface area contributed by atoms with Crippen LogP contribution in [0.15, 0.2) is 65.4 Å². The molecule has 2 aromatic rings. The maximum absolute atomic E-state index is 5.58. The fourth-order valence-corrected chi connectivity index (χ4v) is 4.43. The Kier molecular flexibility index (Phi) is 5.82. The smallest absolute Gasteiger partial charge is 0.171 e. The number of hydrogen-bond donors (Lipinski definition) is 2. The standard InChI is InChI=1S/C25H30N4S/c1-28(2)20-12-8-17(9-13-20)16-19-6-5-7-22-23(26-25(30)27-24(19)22)18-10-14-21(15-11-18)29(3)4/h8-16,23H,5-7H2,1-4H3,(H2,26,27,30)/b19-16+/t23-/m0/s1. The minimum Gasteiger partial charge on any atom is -0.378 e. The van der Waals surface area contributed by atoms with Gasteiger partial charge >= 0.3 is 0 Å². The summed E-state index contributed by atoms with van der Waals surface area (Å²) in [7, 11) is 8.27. The SMILES string of the molecule is CN(C)c1ccc(/C=C2\CCCC3=C2NC(=S)N[C@H]3c2ccc(N(C)C)cc2)cc1.